The van der Waals surface area contributed by atoms with Gasteiger partial charge in [0.15, 0.2) is 0 Å². The Balaban J connectivity index is 0. The fourth-order valence-electron chi connectivity index (χ4n) is 0.313. The average Bonchev–Trinajstić information content (AvgIpc) is 2.05. The van der Waals surface area contributed by atoms with E-state index >= 15 is 0 Å². The second kappa shape index (κ2) is 6.96. The summed E-state index contributed by atoms with van der Waals surface area (Å²) in [7, 11) is -5.84. The van der Waals surface area contributed by atoms with Crippen molar-refractivity contribution in [3.63, 3.8) is 0 Å². The maximum Gasteiger partial charge on any atom is 0.522 e. The molecule has 9 heteroatoms. The number of nitrogens with zero attached hydrogens (tertiary/aromatic N) is 1. The summed E-state index contributed by atoms with van der Waals surface area (Å²) in [6, 6.07) is 5.72. The van der Waals surface area contributed by atoms with E-state index in [1.165, 1.54) is 0 Å². The van der Waals surface area contributed by atoms with Gasteiger partial charge in [-0.2, -0.15) is 21.6 Å². The number of hydrogen-bond donors (Lipinski definition) is 1. The molecule has 1 aromatic rings. The van der Waals surface area contributed by atoms with Gasteiger partial charge in [0.25, 0.3) is 0 Å². The number of hydrogen-bond acceptors (Lipinski definition) is 3. The Kier molecular flexibility index (Phi) is 7.89. The van der Waals surface area contributed by atoms with Crippen molar-refractivity contribution in [2.45, 2.75) is 5.51 Å². The molecule has 0 aliphatic heterocycles. The van der Waals surface area contributed by atoms with Crippen molar-refractivity contribution in [3.05, 3.63) is 30.6 Å². The third-order valence-corrected chi connectivity index (χ3v) is 1.44. The van der Waals surface area contributed by atoms with Crippen LogP contribution in [-0.2, 0) is 32.5 Å². The molecule has 0 atom stereocenters. The molecule has 0 saturated carbocycles. The van der Waals surface area contributed by atoms with Crippen LogP contribution in [0.5, 0.6) is 0 Å². The minimum Gasteiger partial charge on any atom is -0.279 e. The van der Waals surface area contributed by atoms with Gasteiger partial charge in [0, 0.05) is 34.8 Å². The topological polar surface area (TPSA) is 67.3 Å². The Morgan fingerprint density at radius 2 is 1.40 bits per heavy atom. The van der Waals surface area contributed by atoms with E-state index in [0.717, 1.165) is 0 Å². The summed E-state index contributed by atoms with van der Waals surface area (Å²) in [5.74, 6) is 0. The van der Waals surface area contributed by atoms with Gasteiger partial charge in [0.05, 0.1) is 0 Å². The van der Waals surface area contributed by atoms with Crippen LogP contribution in [0.3, 0.4) is 0 Å². The first-order valence-electron chi connectivity index (χ1n) is 3.14. The monoisotopic (exact) mass is 426 g/mol. The van der Waals surface area contributed by atoms with E-state index in [-0.39, 0.29) is 22.4 Å². The second-order valence-corrected chi connectivity index (χ2v) is 3.36. The fourth-order valence-corrected chi connectivity index (χ4v) is 0.313. The molecule has 4 nitrogen and oxygen atoms in total. The summed E-state index contributed by atoms with van der Waals surface area (Å²) in [5, 5.41) is 0. The van der Waals surface area contributed by atoms with Crippen LogP contribution >= 0.6 is 0 Å². The number of halogens is 3. The third-order valence-electron chi connectivity index (χ3n) is 0.859. The summed E-state index contributed by atoms with van der Waals surface area (Å²) in [5.41, 5.74) is -5.53. The van der Waals surface area contributed by atoms with E-state index in [2.05, 4.69) is 4.98 Å². The van der Waals surface area contributed by atoms with Gasteiger partial charge >= 0.3 is 15.6 Å². The van der Waals surface area contributed by atoms with Gasteiger partial charge in [-0.05, 0) is 12.1 Å². The first-order chi connectivity index (χ1) is 6.25. The number of rotatable bonds is 0. The Morgan fingerprint density at radius 3 is 1.47 bits per heavy atom. The molecule has 0 aliphatic carbocycles. The van der Waals surface area contributed by atoms with Crippen LogP contribution in [0.15, 0.2) is 30.6 Å². The van der Waals surface area contributed by atoms with Gasteiger partial charge in [-0.15, -0.1) is 0 Å². The number of aromatic nitrogens is 1. The summed E-state index contributed by atoms with van der Waals surface area (Å²) in [4.78, 5) is 3.78. The van der Waals surface area contributed by atoms with Gasteiger partial charge in [-0.1, -0.05) is 6.07 Å². The van der Waals surface area contributed by atoms with Crippen LogP contribution < -0.4 is 0 Å². The minimum atomic E-state index is -5.84. The molecule has 0 spiro atoms. The van der Waals surface area contributed by atoms with E-state index < -0.39 is 15.6 Å². The first kappa shape index (κ1) is 17.0. The molecule has 0 saturated heterocycles. The van der Waals surface area contributed by atoms with Gasteiger partial charge in [0.1, 0.15) is 0 Å². The first-order valence-corrected chi connectivity index (χ1v) is 4.58. The molecule has 1 aromatic heterocycles. The van der Waals surface area contributed by atoms with Crippen molar-refractivity contribution in [1.29, 1.82) is 0 Å². The Labute approximate surface area is 99.8 Å². The maximum atomic E-state index is 10.7. The van der Waals surface area contributed by atoms with Crippen molar-refractivity contribution < 1.29 is 48.5 Å². The zero-order valence-electron chi connectivity index (χ0n) is 6.94. The third kappa shape index (κ3) is 8.58. The molecule has 0 bridgehead atoms. The van der Waals surface area contributed by atoms with E-state index in [1.54, 1.807) is 12.4 Å². The van der Waals surface area contributed by atoms with Crippen LogP contribution in [0.25, 0.3) is 0 Å². The molecule has 0 amide bonds. The van der Waals surface area contributed by atoms with Crippen LogP contribution in [0.1, 0.15) is 0 Å². The largest absolute Gasteiger partial charge is 0.522 e. The summed E-state index contributed by atoms with van der Waals surface area (Å²) in [6.07, 6.45) is 3.50. The Morgan fingerprint density at radius 1 is 1.07 bits per heavy atom. The standard InChI is InChI=1S/C5H5N.CHF3O3S.Au/c1-2-4-6-5-3-1;2-1(3,4)8(5,6)7;/h1-5H;(H,5,6,7);. The molecule has 1 radical (unpaired) electrons. The van der Waals surface area contributed by atoms with Crippen LogP contribution in [0.2, 0.25) is 0 Å². The molecular formula is C6H6AuF3NO3S. The van der Waals surface area contributed by atoms with Gasteiger partial charge in [-0.3, -0.25) is 9.54 Å². The van der Waals surface area contributed by atoms with Gasteiger partial charge < -0.3 is 0 Å². The molecular weight excluding hydrogens is 420 g/mol. The van der Waals surface area contributed by atoms with Gasteiger partial charge in [0.2, 0.25) is 0 Å². The molecule has 0 aromatic carbocycles. The predicted octanol–water partition coefficient (Wildman–Crippen LogP) is 1.47. The molecule has 0 fully saturated rings. The van der Waals surface area contributed by atoms with E-state index in [0.29, 0.717) is 0 Å². The summed E-state index contributed by atoms with van der Waals surface area (Å²) in [6.45, 7) is 0. The van der Waals surface area contributed by atoms with E-state index in [9.17, 15) is 13.2 Å². The zero-order valence-corrected chi connectivity index (χ0v) is 9.92. The minimum absolute atomic E-state index is 0. The summed E-state index contributed by atoms with van der Waals surface area (Å²) < 4.78 is 57.5. The van der Waals surface area contributed by atoms with Crippen molar-refractivity contribution in [2.75, 3.05) is 0 Å². The van der Waals surface area contributed by atoms with Crippen LogP contribution in [0.4, 0.5) is 13.2 Å². The Hall–Kier alpha value is -0.410. The Bertz CT molecular complexity index is 327. The zero-order chi connectivity index (χ0) is 11.2. The molecule has 1 heterocycles. The normalized spacial score (nSPS) is 10.7. The van der Waals surface area contributed by atoms with E-state index in [4.69, 9.17) is 13.0 Å². The smallest absolute Gasteiger partial charge is 0.279 e. The SMILES string of the molecule is O=S(=O)(O)C(F)(F)F.[Au].c1ccncc1. The quantitative estimate of drug-likeness (QED) is 0.388. The van der Waals surface area contributed by atoms with Crippen molar-refractivity contribution in [2.24, 2.45) is 0 Å². The number of alkyl halides is 3. The fraction of sp³-hybridized carbons (Fsp3) is 0.167. The molecule has 0 unspecified atom stereocenters. The van der Waals surface area contributed by atoms with Crippen molar-refractivity contribution in [1.82, 2.24) is 4.98 Å². The molecule has 1 N–H and O–H groups in total. The van der Waals surface area contributed by atoms with Crippen molar-refractivity contribution in [3.8, 4) is 0 Å². The van der Waals surface area contributed by atoms with Crippen LogP contribution in [-0.4, -0.2) is 23.5 Å². The second-order valence-electron chi connectivity index (χ2n) is 1.95. The molecule has 15 heavy (non-hydrogen) atoms. The van der Waals surface area contributed by atoms with Crippen molar-refractivity contribution >= 4 is 10.1 Å². The predicted molar refractivity (Wildman–Crippen MR) is 41.8 cm³/mol. The molecule has 0 aliphatic rings. The van der Waals surface area contributed by atoms with Gasteiger partial charge in [-0.25, -0.2) is 0 Å². The molecule has 1 rings (SSSR count). The van der Waals surface area contributed by atoms with E-state index in [1.807, 2.05) is 18.2 Å². The maximum absolute atomic E-state index is 10.7. The molecule has 91 valence electrons. The summed E-state index contributed by atoms with van der Waals surface area (Å²) >= 11 is 0. The average molecular weight is 426 g/mol. The number of pyridine rings is 1. The van der Waals surface area contributed by atoms with Crippen LogP contribution in [0, 0.1) is 0 Å².